The van der Waals surface area contributed by atoms with Crippen molar-refractivity contribution in [1.29, 1.82) is 0 Å². The molecule has 0 fully saturated rings. The molecule has 1 amide bonds. The molecule has 0 radical (unpaired) electrons. The summed E-state index contributed by atoms with van der Waals surface area (Å²) in [7, 11) is 0. The highest BCUT2D eigenvalue weighted by Gasteiger charge is 2.24. The Hall–Kier alpha value is -2.88. The Bertz CT molecular complexity index is 1000. The summed E-state index contributed by atoms with van der Waals surface area (Å²) in [4.78, 5) is 24.8. The zero-order chi connectivity index (χ0) is 16.7. The van der Waals surface area contributed by atoms with Gasteiger partial charge in [-0.1, -0.05) is 35.9 Å². The number of benzene rings is 2. The second kappa shape index (κ2) is 5.64. The molecule has 1 aliphatic carbocycles. The zero-order valence-corrected chi connectivity index (χ0v) is 13.3. The molecular weight excluding hydrogens is 302 g/mol. The molecular formula is C20H17NO3. The standard InChI is InChI=1S/C20H17NO3/c1-12-6-9-18-15(10-12)17(22)11-19(24-18)20(23)21-16-8-7-13-4-2-3-5-14(13)16/h2-6,9-11,16H,7-8H2,1H3,(H,21,23)/t16-/m0/s1. The molecule has 1 aliphatic rings. The van der Waals surface area contributed by atoms with Crippen LogP contribution in [0.5, 0.6) is 0 Å². The molecule has 4 heteroatoms. The lowest BCUT2D eigenvalue weighted by molar-refractivity contribution is 0.0909. The topological polar surface area (TPSA) is 59.3 Å². The molecule has 24 heavy (non-hydrogen) atoms. The van der Waals surface area contributed by atoms with Gasteiger partial charge in [0.05, 0.1) is 11.4 Å². The monoisotopic (exact) mass is 319 g/mol. The van der Waals surface area contributed by atoms with Crippen LogP contribution in [0.4, 0.5) is 0 Å². The summed E-state index contributed by atoms with van der Waals surface area (Å²) in [5, 5.41) is 3.48. The van der Waals surface area contributed by atoms with Crippen molar-refractivity contribution in [2.75, 3.05) is 0 Å². The highest BCUT2D eigenvalue weighted by atomic mass is 16.3. The predicted octanol–water partition coefficient (Wildman–Crippen LogP) is 3.52. The first-order valence-electron chi connectivity index (χ1n) is 8.05. The zero-order valence-electron chi connectivity index (χ0n) is 13.3. The van der Waals surface area contributed by atoms with Crippen molar-refractivity contribution in [2.24, 2.45) is 0 Å². The number of nitrogens with one attached hydrogen (secondary N) is 1. The van der Waals surface area contributed by atoms with Gasteiger partial charge in [0.25, 0.3) is 5.91 Å². The number of amides is 1. The Kier molecular flexibility index (Phi) is 3.45. The molecule has 2 aromatic carbocycles. The molecule has 0 saturated heterocycles. The fourth-order valence-corrected chi connectivity index (χ4v) is 3.32. The number of aryl methyl sites for hydroxylation is 2. The lowest BCUT2D eigenvalue weighted by Crippen LogP contribution is -2.27. The van der Waals surface area contributed by atoms with Gasteiger partial charge in [0, 0.05) is 6.07 Å². The largest absolute Gasteiger partial charge is 0.451 e. The van der Waals surface area contributed by atoms with Crippen LogP contribution in [0, 0.1) is 6.92 Å². The highest BCUT2D eigenvalue weighted by molar-refractivity contribution is 5.93. The summed E-state index contributed by atoms with van der Waals surface area (Å²) in [6.45, 7) is 1.91. The number of carbonyl (C=O) groups is 1. The van der Waals surface area contributed by atoms with E-state index in [1.165, 1.54) is 11.6 Å². The van der Waals surface area contributed by atoms with Gasteiger partial charge in [-0.2, -0.15) is 0 Å². The minimum atomic E-state index is -0.351. The Balaban J connectivity index is 1.65. The second-order valence-electron chi connectivity index (χ2n) is 6.24. The molecule has 0 spiro atoms. The van der Waals surface area contributed by atoms with E-state index >= 15 is 0 Å². The van der Waals surface area contributed by atoms with Crippen LogP contribution < -0.4 is 10.7 Å². The van der Waals surface area contributed by atoms with Gasteiger partial charge in [-0.3, -0.25) is 9.59 Å². The van der Waals surface area contributed by atoms with Gasteiger partial charge >= 0.3 is 0 Å². The Morgan fingerprint density at radius 1 is 1.17 bits per heavy atom. The van der Waals surface area contributed by atoms with E-state index in [4.69, 9.17) is 4.42 Å². The van der Waals surface area contributed by atoms with Gasteiger partial charge < -0.3 is 9.73 Å². The summed E-state index contributed by atoms with van der Waals surface area (Å²) >= 11 is 0. The lowest BCUT2D eigenvalue weighted by atomic mass is 10.1. The van der Waals surface area contributed by atoms with Crippen LogP contribution >= 0.6 is 0 Å². The first-order chi connectivity index (χ1) is 11.6. The van der Waals surface area contributed by atoms with Crippen LogP contribution in [-0.4, -0.2) is 5.91 Å². The van der Waals surface area contributed by atoms with Crippen LogP contribution in [0.3, 0.4) is 0 Å². The van der Waals surface area contributed by atoms with Gasteiger partial charge in [0.2, 0.25) is 0 Å². The Morgan fingerprint density at radius 2 is 2.00 bits per heavy atom. The average molecular weight is 319 g/mol. The fourth-order valence-electron chi connectivity index (χ4n) is 3.32. The number of fused-ring (bicyclic) bond motifs is 2. The molecule has 120 valence electrons. The molecule has 1 N–H and O–H groups in total. The molecule has 0 bridgehead atoms. The van der Waals surface area contributed by atoms with Gasteiger partial charge in [-0.15, -0.1) is 0 Å². The third kappa shape index (κ3) is 2.50. The van der Waals surface area contributed by atoms with E-state index in [9.17, 15) is 9.59 Å². The molecule has 0 unspecified atom stereocenters. The lowest BCUT2D eigenvalue weighted by Gasteiger charge is -2.13. The fraction of sp³-hybridized carbons (Fsp3) is 0.200. The van der Waals surface area contributed by atoms with E-state index in [2.05, 4.69) is 11.4 Å². The second-order valence-corrected chi connectivity index (χ2v) is 6.24. The van der Waals surface area contributed by atoms with Crippen LogP contribution in [0.1, 0.15) is 39.7 Å². The van der Waals surface area contributed by atoms with Gasteiger partial charge in [0.1, 0.15) is 5.58 Å². The van der Waals surface area contributed by atoms with Crippen molar-refractivity contribution < 1.29 is 9.21 Å². The molecule has 1 atom stereocenters. The highest BCUT2D eigenvalue weighted by Crippen LogP contribution is 2.30. The first-order valence-corrected chi connectivity index (χ1v) is 8.05. The van der Waals surface area contributed by atoms with Gasteiger partial charge in [-0.25, -0.2) is 0 Å². The average Bonchev–Trinajstić information content (AvgIpc) is 2.98. The molecule has 4 rings (SSSR count). The molecule has 0 saturated carbocycles. The molecule has 1 heterocycles. The maximum absolute atomic E-state index is 12.5. The third-order valence-electron chi connectivity index (χ3n) is 4.54. The van der Waals surface area contributed by atoms with Crippen molar-refractivity contribution in [1.82, 2.24) is 5.32 Å². The van der Waals surface area contributed by atoms with E-state index in [1.807, 2.05) is 31.2 Å². The summed E-state index contributed by atoms with van der Waals surface area (Å²) in [6.07, 6.45) is 1.81. The molecule has 1 aromatic heterocycles. The minimum absolute atomic E-state index is 0.0345. The predicted molar refractivity (Wildman–Crippen MR) is 92.2 cm³/mol. The number of hydrogen-bond donors (Lipinski definition) is 1. The molecule has 4 nitrogen and oxygen atoms in total. The minimum Gasteiger partial charge on any atom is -0.451 e. The van der Waals surface area contributed by atoms with E-state index in [0.717, 1.165) is 24.0 Å². The van der Waals surface area contributed by atoms with Gasteiger partial charge in [0.15, 0.2) is 11.2 Å². The van der Waals surface area contributed by atoms with Crippen molar-refractivity contribution in [3.8, 4) is 0 Å². The van der Waals surface area contributed by atoms with Crippen molar-refractivity contribution in [2.45, 2.75) is 25.8 Å². The SMILES string of the molecule is Cc1ccc2oc(C(=O)N[C@H]3CCc4ccccc43)cc(=O)c2c1. The van der Waals surface area contributed by atoms with Crippen LogP contribution in [0.15, 0.2) is 57.7 Å². The number of rotatable bonds is 2. The van der Waals surface area contributed by atoms with Crippen molar-refractivity contribution in [3.05, 3.63) is 81.2 Å². The maximum atomic E-state index is 12.5. The molecule has 0 aliphatic heterocycles. The van der Waals surface area contributed by atoms with Crippen LogP contribution in [0.2, 0.25) is 0 Å². The number of hydrogen-bond acceptors (Lipinski definition) is 3. The Morgan fingerprint density at radius 3 is 2.88 bits per heavy atom. The first kappa shape index (κ1) is 14.7. The van der Waals surface area contributed by atoms with E-state index in [-0.39, 0.29) is 23.1 Å². The van der Waals surface area contributed by atoms with Crippen LogP contribution in [0.25, 0.3) is 11.0 Å². The smallest absolute Gasteiger partial charge is 0.287 e. The number of carbonyl (C=O) groups excluding carboxylic acids is 1. The van der Waals surface area contributed by atoms with Crippen molar-refractivity contribution >= 4 is 16.9 Å². The summed E-state index contributed by atoms with van der Waals surface area (Å²) in [5.41, 5.74) is 3.62. The third-order valence-corrected chi connectivity index (χ3v) is 4.54. The van der Waals surface area contributed by atoms with Crippen LogP contribution in [-0.2, 0) is 6.42 Å². The van der Waals surface area contributed by atoms with E-state index in [0.29, 0.717) is 11.0 Å². The summed E-state index contributed by atoms with van der Waals surface area (Å²) in [6, 6.07) is 14.7. The summed E-state index contributed by atoms with van der Waals surface area (Å²) < 4.78 is 5.65. The van der Waals surface area contributed by atoms with E-state index in [1.54, 1.807) is 12.1 Å². The van der Waals surface area contributed by atoms with Gasteiger partial charge in [-0.05, 0) is 43.0 Å². The normalized spacial score (nSPS) is 16.1. The van der Waals surface area contributed by atoms with E-state index < -0.39 is 0 Å². The summed E-state index contributed by atoms with van der Waals surface area (Å²) in [5.74, 6) is -0.294. The quantitative estimate of drug-likeness (QED) is 0.786. The maximum Gasteiger partial charge on any atom is 0.287 e. The molecule has 3 aromatic rings. The Labute approximate surface area is 139 Å². The van der Waals surface area contributed by atoms with Crippen molar-refractivity contribution in [3.63, 3.8) is 0 Å².